The molecule has 28 nitrogen and oxygen atoms in total. The molecule has 0 aromatic carbocycles. The van der Waals surface area contributed by atoms with Crippen LogP contribution in [0.3, 0.4) is 0 Å². The predicted octanol–water partition coefficient (Wildman–Crippen LogP) is 3.87. The van der Waals surface area contributed by atoms with Gasteiger partial charge in [-0.2, -0.15) is 0 Å². The Balaban J connectivity index is -0.000000200. The number of rotatable bonds is 19. The van der Waals surface area contributed by atoms with E-state index >= 15 is 0 Å². The molecule has 0 aromatic rings. The van der Waals surface area contributed by atoms with Crippen molar-refractivity contribution >= 4 is 34.6 Å². The van der Waals surface area contributed by atoms with Gasteiger partial charge in [0.05, 0.1) is 81.2 Å². The fourth-order valence-electron chi connectivity index (χ4n) is 8.22. The summed E-state index contributed by atoms with van der Waals surface area (Å²) in [7, 11) is 6.40. The maximum Gasteiger partial charge on any atom is 0.202 e. The topological polar surface area (TPSA) is 457 Å². The Morgan fingerprint density at radius 3 is 1.10 bits per heavy atom. The first-order valence-electron chi connectivity index (χ1n) is 35.4. The van der Waals surface area contributed by atoms with Crippen molar-refractivity contribution in [2.24, 2.45) is 59.2 Å². The third-order valence-electron chi connectivity index (χ3n) is 18.2. The van der Waals surface area contributed by atoms with Crippen molar-refractivity contribution in [3.05, 3.63) is 0 Å². The normalized spacial score (nSPS) is 30.7. The third kappa shape index (κ3) is 43.7. The molecule has 4 saturated heterocycles. The minimum Gasteiger partial charge on any atom is -0.396 e. The number of carbonyl (C=O) groups is 2. The van der Waals surface area contributed by atoms with Crippen molar-refractivity contribution in [2.45, 2.75) is 313 Å². The largest absolute Gasteiger partial charge is 0.396 e. The highest BCUT2D eigenvalue weighted by Gasteiger charge is 2.48. The van der Waals surface area contributed by atoms with Crippen LogP contribution in [0.2, 0.25) is 0 Å². The van der Waals surface area contributed by atoms with Gasteiger partial charge in [-0.05, 0) is 95.3 Å². The Morgan fingerprint density at radius 2 is 0.882 bits per heavy atom. The Labute approximate surface area is 617 Å². The van der Waals surface area contributed by atoms with Crippen molar-refractivity contribution in [2.75, 3.05) is 75.6 Å². The average molecular weight is 1530 g/mol. The molecule has 4 heterocycles. The van der Waals surface area contributed by atoms with Gasteiger partial charge in [-0.25, -0.2) is 4.21 Å². The van der Waals surface area contributed by atoms with Gasteiger partial charge in [-0.3, -0.25) is 14.2 Å². The number of quaternary nitrogens is 1. The molecule has 4 aliphatic rings. The minimum atomic E-state index is -2.25. The quantitative estimate of drug-likeness (QED) is 0.0496. The number of aliphatic hydroxyl groups is 16. The number of hydrogen-bond donors (Lipinski definition) is 16. The van der Waals surface area contributed by atoms with Gasteiger partial charge in [0.15, 0.2) is 18.4 Å². The SMILES string of the molecule is C.C=S(=O)(OC)C(C)C.CC(=O)C(C)C.CC(=O)C1OC(C(C)C)C(O)C(O)C1O.CC(C)C(C)CO.CC(C)C(CO)CO.CC(C)C1C(O)OC(CO)C(O)C1O.CC(C)[N+](C)(C)C.CCC1OC(C(C)C)C(O)C(O)C1O.COC1OC(C(C)C)C(O)C(O)C1O.COP(C)(=O)C(C)C. The van der Waals surface area contributed by atoms with Crippen LogP contribution in [0.1, 0.15) is 180 Å². The smallest absolute Gasteiger partial charge is 0.202 e. The second-order valence-electron chi connectivity index (χ2n) is 30.4. The van der Waals surface area contributed by atoms with Gasteiger partial charge >= 0.3 is 0 Å². The first-order valence-corrected chi connectivity index (χ1v) is 39.3. The zero-order valence-corrected chi connectivity index (χ0v) is 69.4. The van der Waals surface area contributed by atoms with E-state index in [0.29, 0.717) is 30.8 Å². The Morgan fingerprint density at radius 1 is 0.520 bits per heavy atom. The van der Waals surface area contributed by atoms with E-state index < -0.39 is 140 Å². The summed E-state index contributed by atoms with van der Waals surface area (Å²) in [6.07, 6.45) is -17.9. The van der Waals surface area contributed by atoms with Crippen molar-refractivity contribution in [3.63, 3.8) is 0 Å². The molecule has 4 fully saturated rings. The zero-order valence-electron chi connectivity index (χ0n) is 67.7. The van der Waals surface area contributed by atoms with Crippen molar-refractivity contribution in [1.82, 2.24) is 0 Å². The monoisotopic (exact) mass is 1530 g/mol. The van der Waals surface area contributed by atoms with E-state index in [1.54, 1.807) is 13.6 Å². The van der Waals surface area contributed by atoms with E-state index in [1.165, 1.54) is 28.3 Å². The second-order valence-corrected chi connectivity index (χ2v) is 36.2. The van der Waals surface area contributed by atoms with E-state index in [1.807, 2.05) is 125 Å². The van der Waals surface area contributed by atoms with E-state index in [2.05, 4.69) is 58.9 Å². The number of nitrogens with zero attached hydrogens (tertiary/aromatic N) is 1. The highest BCUT2D eigenvalue weighted by atomic mass is 32.2. The molecule has 0 aliphatic carbocycles. The summed E-state index contributed by atoms with van der Waals surface area (Å²) < 4.78 is 58.4. The van der Waals surface area contributed by atoms with Gasteiger partial charge in [-0.1, -0.05) is 132 Å². The fraction of sp³-hybridized carbons (Fsp3) is 0.958. The van der Waals surface area contributed by atoms with Gasteiger partial charge in [-0.15, -0.1) is 0 Å². The molecule has 0 bridgehead atoms. The van der Waals surface area contributed by atoms with Crippen LogP contribution in [0.5, 0.6) is 0 Å². The molecule has 30 heteroatoms. The summed E-state index contributed by atoms with van der Waals surface area (Å²) >= 11 is 0. The van der Waals surface area contributed by atoms with Crippen LogP contribution in [-0.4, -0.2) is 317 Å². The van der Waals surface area contributed by atoms with Gasteiger partial charge in [0.1, 0.15) is 79.0 Å². The number of Topliss-reactive ketones (excluding diaryl/α,β-unsaturated/α-hetero) is 2. The number of carbonyl (C=O) groups excluding carboxylic acids is 2. The van der Waals surface area contributed by atoms with Crippen molar-refractivity contribution < 1.29 is 137 Å². The molecule has 102 heavy (non-hydrogen) atoms. The van der Waals surface area contributed by atoms with Crippen LogP contribution in [0.25, 0.3) is 0 Å². The third-order valence-corrected chi connectivity index (χ3v) is 22.8. The van der Waals surface area contributed by atoms with Crippen LogP contribution in [-0.2, 0) is 56.3 Å². The number of methoxy groups -OCH3 is 1. The van der Waals surface area contributed by atoms with E-state index in [4.69, 9.17) is 48.6 Å². The molecule has 4 rings (SSSR count). The summed E-state index contributed by atoms with van der Waals surface area (Å²) in [6, 6.07) is 0.736. The van der Waals surface area contributed by atoms with Crippen LogP contribution < -0.4 is 0 Å². The molecule has 16 N–H and O–H groups in total. The molecule has 0 saturated carbocycles. The number of ketones is 2. The molecule has 0 spiro atoms. The molecular formula is C72H157NO27PS+. The molecule has 622 valence electrons. The first-order chi connectivity index (χ1) is 45.8. The minimum absolute atomic E-state index is 0. The molecular weight excluding hydrogens is 1370 g/mol. The average Bonchev–Trinajstić information content (AvgIpc) is 0.829. The fourth-order valence-corrected chi connectivity index (χ4v) is 9.02. The predicted molar refractivity (Wildman–Crippen MR) is 403 cm³/mol. The van der Waals surface area contributed by atoms with Gasteiger partial charge in [0.2, 0.25) is 7.37 Å². The second kappa shape index (κ2) is 56.8. The lowest BCUT2D eigenvalue weighted by Crippen LogP contribution is -2.60. The van der Waals surface area contributed by atoms with Crippen LogP contribution in [0.4, 0.5) is 0 Å². The van der Waals surface area contributed by atoms with E-state index in [-0.39, 0.29) is 84.7 Å². The van der Waals surface area contributed by atoms with Crippen molar-refractivity contribution in [3.8, 4) is 0 Å². The molecule has 0 aromatic heterocycles. The molecule has 0 radical (unpaired) electrons. The van der Waals surface area contributed by atoms with Crippen LogP contribution in [0.15, 0.2) is 0 Å². The summed E-state index contributed by atoms with van der Waals surface area (Å²) in [5.74, 6) is 4.64. The molecule has 0 amide bonds. The molecule has 4 aliphatic heterocycles. The summed E-state index contributed by atoms with van der Waals surface area (Å²) in [6.45, 7) is 47.3. The van der Waals surface area contributed by atoms with Crippen LogP contribution in [0, 0.1) is 59.2 Å². The maximum absolute atomic E-state index is 11.2. The molecule has 23 unspecified atom stereocenters. The number of ether oxygens (including phenoxy) is 5. The Hall–Kier alpha value is -1.37. The first kappa shape index (κ1) is 114. The maximum atomic E-state index is 11.2. The van der Waals surface area contributed by atoms with Gasteiger partial charge in [0, 0.05) is 69.4 Å². The Bertz CT molecular complexity index is 2170. The summed E-state index contributed by atoms with van der Waals surface area (Å²) in [5.41, 5.74) is 0.146. The standard InChI is InChI=1S/C10H18O5.C10H20O4.2C9H18O5.C6H16N.C6H14O2.C6H14O.C5H13O2P.C5H12O2S.C5H10O.CH4/c1-4(2)9-7(13)6(12)8(14)10(15-9)5(3)11;1-4-6-7(11)8(12)9(13)10(14-6)5(2)3;1-4(2)8-6(11)5(10)7(12)9(13-3)14-8;1-4(2)6-8(12)7(11)5(3-10)14-9(6)13;1-6(2)7(3,4)5;1-5(2)6(3-7)4-8;1-5(2)6(3)4-7;2*1-5(2)8(4,6)7-3;1-4(2)5(3)6;/h4,6-10,12-14H,1-3H3;5-13H,4H2,1-3H3;4-12H,1-3H3;4-13H,3H2,1-2H3;6H,1-5H3;5-8H,3-4H2,1-2H3;5-7H,4H2,1-3H3;5H,1-4H3;5H,4H2,1-3H3;4H,1-3H3;1H4/q;;;;+1;;;;;;. The lowest BCUT2D eigenvalue weighted by Gasteiger charge is -2.42. The van der Waals surface area contributed by atoms with Gasteiger partial charge < -0.3 is 119 Å². The number of hydrogen-bond acceptors (Lipinski definition) is 27. The van der Waals surface area contributed by atoms with E-state index in [0.717, 1.165) is 10.5 Å². The van der Waals surface area contributed by atoms with Crippen molar-refractivity contribution in [1.29, 1.82) is 0 Å². The molecule has 23 atom stereocenters. The summed E-state index contributed by atoms with van der Waals surface area (Å²) in [5, 5.41) is 149. The van der Waals surface area contributed by atoms with E-state index in [9.17, 15) is 79.6 Å². The van der Waals surface area contributed by atoms with Crippen LogP contribution >= 0.6 is 7.37 Å². The highest BCUT2D eigenvalue weighted by molar-refractivity contribution is 7.96. The number of aliphatic hydroxyl groups excluding tert-OH is 16. The highest BCUT2D eigenvalue weighted by Crippen LogP contribution is 2.46. The summed E-state index contributed by atoms with van der Waals surface area (Å²) in [4.78, 5) is 21.3. The van der Waals surface area contributed by atoms with Gasteiger partial charge in [0.25, 0.3) is 0 Å². The Kier molecular flexibility index (Phi) is 63.4. The lowest BCUT2D eigenvalue weighted by atomic mass is 9.83. The lowest BCUT2D eigenvalue weighted by molar-refractivity contribution is -0.891. The zero-order chi connectivity index (χ0) is 81.6.